The molecule has 1 atom stereocenters. The quantitative estimate of drug-likeness (QED) is 0.514. The zero-order valence-corrected chi connectivity index (χ0v) is 11.7. The van der Waals surface area contributed by atoms with Crippen molar-refractivity contribution in [3.63, 3.8) is 0 Å². The molecule has 1 N–H and O–H groups in total. The monoisotopic (exact) mass is 291 g/mol. The average molecular weight is 291 g/mol. The highest BCUT2D eigenvalue weighted by atomic mass is 16.6. The molecule has 2 rings (SSSR count). The van der Waals surface area contributed by atoms with Crippen LogP contribution in [-0.4, -0.2) is 37.3 Å². The van der Waals surface area contributed by atoms with Gasteiger partial charge in [0, 0.05) is 31.8 Å². The first kappa shape index (κ1) is 15.0. The standard InChI is InChI=1S/C14H17N3O4/c1-15-14(19)11-3-2-6-16(8-11)12-5-4-10(9-18)7-13(12)17(20)21/h4-5,7,9,11H,2-3,6,8H2,1H3,(H,15,19). The largest absolute Gasteiger partial charge is 0.365 e. The third kappa shape index (κ3) is 3.18. The summed E-state index contributed by atoms with van der Waals surface area (Å²) in [6.07, 6.45) is 2.15. The minimum Gasteiger partial charge on any atom is -0.365 e. The molecule has 1 fully saturated rings. The number of carbonyl (C=O) groups is 2. The molecule has 1 aromatic rings. The molecule has 0 spiro atoms. The van der Waals surface area contributed by atoms with Gasteiger partial charge in [0.2, 0.25) is 5.91 Å². The van der Waals surface area contributed by atoms with Crippen molar-refractivity contribution >= 4 is 23.6 Å². The highest BCUT2D eigenvalue weighted by molar-refractivity contribution is 5.81. The number of benzene rings is 1. The van der Waals surface area contributed by atoms with Crippen LogP contribution >= 0.6 is 0 Å². The van der Waals surface area contributed by atoms with Crippen molar-refractivity contribution < 1.29 is 14.5 Å². The van der Waals surface area contributed by atoms with Gasteiger partial charge in [-0.15, -0.1) is 0 Å². The van der Waals surface area contributed by atoms with Gasteiger partial charge in [0.05, 0.1) is 10.8 Å². The van der Waals surface area contributed by atoms with Crippen LogP contribution in [0.1, 0.15) is 23.2 Å². The third-order valence-electron chi connectivity index (χ3n) is 3.71. The fraction of sp³-hybridized carbons (Fsp3) is 0.429. The summed E-state index contributed by atoms with van der Waals surface area (Å²) in [6.45, 7) is 1.11. The Labute approximate surface area is 122 Å². The lowest BCUT2D eigenvalue weighted by Gasteiger charge is -2.33. The van der Waals surface area contributed by atoms with Crippen LogP contribution < -0.4 is 10.2 Å². The maximum absolute atomic E-state index is 11.7. The first-order valence-corrected chi connectivity index (χ1v) is 6.77. The molecule has 1 amide bonds. The summed E-state index contributed by atoms with van der Waals surface area (Å²) in [5, 5.41) is 13.8. The Bertz CT molecular complexity index is 573. The molecule has 0 saturated carbocycles. The van der Waals surface area contributed by atoms with Crippen molar-refractivity contribution in [3.8, 4) is 0 Å². The molecule has 1 heterocycles. The van der Waals surface area contributed by atoms with Crippen LogP contribution in [0.2, 0.25) is 0 Å². The molecule has 7 nitrogen and oxygen atoms in total. The van der Waals surface area contributed by atoms with E-state index < -0.39 is 4.92 Å². The molecule has 0 aliphatic carbocycles. The van der Waals surface area contributed by atoms with E-state index in [1.54, 1.807) is 19.2 Å². The van der Waals surface area contributed by atoms with Crippen molar-refractivity contribution in [2.45, 2.75) is 12.8 Å². The van der Waals surface area contributed by atoms with Gasteiger partial charge in [0.25, 0.3) is 5.69 Å². The van der Waals surface area contributed by atoms with Crippen LogP contribution in [-0.2, 0) is 4.79 Å². The van der Waals surface area contributed by atoms with Crippen molar-refractivity contribution in [2.24, 2.45) is 5.92 Å². The van der Waals surface area contributed by atoms with Crippen LogP contribution in [0.25, 0.3) is 0 Å². The predicted octanol–water partition coefficient (Wildman–Crippen LogP) is 1.37. The lowest BCUT2D eigenvalue weighted by Crippen LogP contribution is -2.42. The summed E-state index contributed by atoms with van der Waals surface area (Å²) >= 11 is 0. The van der Waals surface area contributed by atoms with E-state index in [1.807, 2.05) is 4.90 Å². The maximum Gasteiger partial charge on any atom is 0.293 e. The fourth-order valence-electron chi connectivity index (χ4n) is 2.64. The Balaban J connectivity index is 2.30. The summed E-state index contributed by atoms with van der Waals surface area (Å²) in [7, 11) is 1.59. The van der Waals surface area contributed by atoms with Gasteiger partial charge < -0.3 is 10.2 Å². The number of nitrogens with one attached hydrogen (secondary N) is 1. The lowest BCUT2D eigenvalue weighted by molar-refractivity contribution is -0.384. The van der Waals surface area contributed by atoms with Gasteiger partial charge >= 0.3 is 0 Å². The maximum atomic E-state index is 11.7. The zero-order chi connectivity index (χ0) is 15.4. The highest BCUT2D eigenvalue weighted by Crippen LogP contribution is 2.32. The van der Waals surface area contributed by atoms with Gasteiger partial charge in [-0.2, -0.15) is 0 Å². The number of nitro groups is 1. The minimum atomic E-state index is -0.494. The van der Waals surface area contributed by atoms with Crippen LogP contribution in [0.15, 0.2) is 18.2 Å². The Kier molecular flexibility index (Phi) is 4.52. The topological polar surface area (TPSA) is 92.6 Å². The Hall–Kier alpha value is -2.44. The molecule has 1 unspecified atom stereocenters. The smallest absolute Gasteiger partial charge is 0.293 e. The van der Waals surface area contributed by atoms with E-state index in [0.717, 1.165) is 12.8 Å². The predicted molar refractivity (Wildman–Crippen MR) is 77.5 cm³/mol. The molecule has 0 bridgehead atoms. The van der Waals surface area contributed by atoms with Gasteiger partial charge in [0.1, 0.15) is 12.0 Å². The SMILES string of the molecule is CNC(=O)C1CCCN(c2ccc(C=O)cc2[N+](=O)[O-])C1. The van der Waals surface area contributed by atoms with Gasteiger partial charge in [-0.1, -0.05) is 0 Å². The van der Waals surface area contributed by atoms with Crippen LogP contribution in [0.4, 0.5) is 11.4 Å². The molecule has 0 aromatic heterocycles. The average Bonchev–Trinajstić information content (AvgIpc) is 2.53. The van der Waals surface area contributed by atoms with Gasteiger partial charge in [-0.05, 0) is 25.0 Å². The number of nitrogens with zero attached hydrogens (tertiary/aromatic N) is 2. The number of carbonyl (C=O) groups excluding carboxylic acids is 2. The third-order valence-corrected chi connectivity index (χ3v) is 3.71. The van der Waals surface area contributed by atoms with E-state index in [2.05, 4.69) is 5.32 Å². The van der Waals surface area contributed by atoms with Gasteiger partial charge in [-0.25, -0.2) is 0 Å². The summed E-state index contributed by atoms with van der Waals surface area (Å²) in [4.78, 5) is 35.0. The number of hydrogen-bond acceptors (Lipinski definition) is 5. The summed E-state index contributed by atoms with van der Waals surface area (Å²) in [5.74, 6) is -0.221. The Morgan fingerprint density at radius 2 is 2.29 bits per heavy atom. The van der Waals surface area contributed by atoms with E-state index in [1.165, 1.54) is 6.07 Å². The summed E-state index contributed by atoms with van der Waals surface area (Å²) in [6, 6.07) is 4.40. The van der Waals surface area contributed by atoms with E-state index in [-0.39, 0.29) is 23.1 Å². The second-order valence-electron chi connectivity index (χ2n) is 5.02. The number of rotatable bonds is 4. The summed E-state index contributed by atoms with van der Waals surface area (Å²) < 4.78 is 0. The number of piperidine rings is 1. The molecule has 0 radical (unpaired) electrons. The number of nitro benzene ring substituents is 1. The zero-order valence-electron chi connectivity index (χ0n) is 11.7. The fourth-order valence-corrected chi connectivity index (χ4v) is 2.64. The van der Waals surface area contributed by atoms with E-state index in [0.29, 0.717) is 25.1 Å². The second kappa shape index (κ2) is 6.34. The van der Waals surface area contributed by atoms with E-state index in [4.69, 9.17) is 0 Å². The Morgan fingerprint density at radius 1 is 1.52 bits per heavy atom. The molecule has 1 saturated heterocycles. The van der Waals surface area contributed by atoms with Gasteiger partial charge in [0.15, 0.2) is 0 Å². The number of anilines is 1. The van der Waals surface area contributed by atoms with E-state index in [9.17, 15) is 19.7 Å². The number of hydrogen-bond donors (Lipinski definition) is 1. The Morgan fingerprint density at radius 3 is 2.90 bits per heavy atom. The van der Waals surface area contributed by atoms with Crippen molar-refractivity contribution in [1.82, 2.24) is 5.32 Å². The molecule has 1 aromatic carbocycles. The summed E-state index contributed by atoms with van der Waals surface area (Å²) in [5.41, 5.74) is 0.627. The highest BCUT2D eigenvalue weighted by Gasteiger charge is 2.28. The molecule has 21 heavy (non-hydrogen) atoms. The minimum absolute atomic E-state index is 0.0492. The first-order chi connectivity index (χ1) is 10.1. The molecule has 7 heteroatoms. The molecule has 1 aliphatic heterocycles. The number of amides is 1. The first-order valence-electron chi connectivity index (χ1n) is 6.77. The van der Waals surface area contributed by atoms with Crippen LogP contribution in [0.3, 0.4) is 0 Å². The van der Waals surface area contributed by atoms with Gasteiger partial charge in [-0.3, -0.25) is 19.7 Å². The van der Waals surface area contributed by atoms with Crippen LogP contribution in [0.5, 0.6) is 0 Å². The van der Waals surface area contributed by atoms with Crippen molar-refractivity contribution in [1.29, 1.82) is 0 Å². The molecular formula is C14H17N3O4. The number of aldehydes is 1. The normalized spacial score (nSPS) is 18.1. The second-order valence-corrected chi connectivity index (χ2v) is 5.02. The molecule has 1 aliphatic rings. The van der Waals surface area contributed by atoms with Crippen molar-refractivity contribution in [3.05, 3.63) is 33.9 Å². The molecular weight excluding hydrogens is 274 g/mol. The molecule has 112 valence electrons. The van der Waals surface area contributed by atoms with Crippen molar-refractivity contribution in [2.75, 3.05) is 25.0 Å². The lowest BCUT2D eigenvalue weighted by atomic mass is 9.96. The van der Waals surface area contributed by atoms with Crippen LogP contribution in [0, 0.1) is 16.0 Å². The van der Waals surface area contributed by atoms with E-state index >= 15 is 0 Å².